The van der Waals surface area contributed by atoms with Crippen molar-refractivity contribution in [2.45, 2.75) is 13.0 Å². The van der Waals surface area contributed by atoms with E-state index in [9.17, 15) is 4.79 Å². The normalized spacial score (nSPS) is 10.6. The summed E-state index contributed by atoms with van der Waals surface area (Å²) >= 11 is 0. The van der Waals surface area contributed by atoms with Gasteiger partial charge in [0, 0.05) is 13.0 Å². The van der Waals surface area contributed by atoms with Crippen molar-refractivity contribution in [2.24, 2.45) is 5.84 Å². The van der Waals surface area contributed by atoms with Gasteiger partial charge in [-0.15, -0.1) is 0 Å². The molecule has 2 aromatic heterocycles. The molecule has 2 aromatic rings. The smallest absolute Gasteiger partial charge is 0.235 e. The summed E-state index contributed by atoms with van der Waals surface area (Å²) in [4.78, 5) is 22.9. The highest BCUT2D eigenvalue weighted by atomic mass is 16.2. The molecule has 2 heterocycles. The van der Waals surface area contributed by atoms with Crippen LogP contribution in [0.5, 0.6) is 0 Å². The molecule has 2 rings (SSSR count). The third-order valence-electron chi connectivity index (χ3n) is 2.17. The lowest BCUT2D eigenvalue weighted by atomic mass is 10.4. The highest BCUT2D eigenvalue weighted by Crippen LogP contribution is 2.14. The lowest BCUT2D eigenvalue weighted by molar-refractivity contribution is -0.121. The predicted octanol–water partition coefficient (Wildman–Crippen LogP) is -1.21. The van der Waals surface area contributed by atoms with Gasteiger partial charge in [-0.2, -0.15) is 0 Å². The number of anilines is 1. The van der Waals surface area contributed by atoms with Crippen molar-refractivity contribution in [1.82, 2.24) is 24.9 Å². The van der Waals surface area contributed by atoms with Gasteiger partial charge in [-0.05, 0) is 0 Å². The highest BCUT2D eigenvalue weighted by molar-refractivity contribution is 5.81. The lowest BCUT2D eigenvalue weighted by Gasteiger charge is -2.02. The summed E-state index contributed by atoms with van der Waals surface area (Å²) in [5.41, 5.74) is 8.83. The van der Waals surface area contributed by atoms with Gasteiger partial charge in [-0.25, -0.2) is 20.8 Å². The fourth-order valence-corrected chi connectivity index (χ4v) is 1.36. The zero-order chi connectivity index (χ0) is 11.5. The number of imidazole rings is 1. The Morgan fingerprint density at radius 2 is 2.25 bits per heavy atom. The van der Waals surface area contributed by atoms with Gasteiger partial charge in [-0.3, -0.25) is 10.2 Å². The number of amides is 1. The van der Waals surface area contributed by atoms with E-state index in [2.05, 4.69) is 20.4 Å². The zero-order valence-electron chi connectivity index (χ0n) is 8.42. The van der Waals surface area contributed by atoms with Gasteiger partial charge in [0.1, 0.15) is 11.8 Å². The molecule has 0 spiro atoms. The largest absolute Gasteiger partial charge is 0.382 e. The number of fused-ring (bicyclic) bond motifs is 1. The van der Waals surface area contributed by atoms with Crippen LogP contribution in [0.25, 0.3) is 11.2 Å². The number of nitrogens with two attached hydrogens (primary N) is 2. The first-order valence-corrected chi connectivity index (χ1v) is 4.63. The van der Waals surface area contributed by atoms with Crippen LogP contribution in [-0.2, 0) is 11.3 Å². The number of nitrogens with one attached hydrogen (secondary N) is 1. The van der Waals surface area contributed by atoms with Crippen molar-refractivity contribution in [2.75, 3.05) is 5.73 Å². The molecule has 0 aliphatic heterocycles. The zero-order valence-corrected chi connectivity index (χ0v) is 8.42. The van der Waals surface area contributed by atoms with Gasteiger partial charge >= 0.3 is 0 Å². The maximum absolute atomic E-state index is 11.0. The highest BCUT2D eigenvalue weighted by Gasteiger charge is 2.08. The fraction of sp³-hybridized carbons (Fsp3) is 0.250. The summed E-state index contributed by atoms with van der Waals surface area (Å²) in [6.07, 6.45) is 3.18. The molecule has 1 amide bonds. The number of nitrogens with zero attached hydrogens (tertiary/aromatic N) is 4. The first kappa shape index (κ1) is 10.3. The van der Waals surface area contributed by atoms with Crippen LogP contribution in [-0.4, -0.2) is 25.4 Å². The maximum Gasteiger partial charge on any atom is 0.235 e. The van der Waals surface area contributed by atoms with Crippen molar-refractivity contribution >= 4 is 22.9 Å². The number of hydrogen-bond donors (Lipinski definition) is 3. The minimum Gasteiger partial charge on any atom is -0.382 e. The molecule has 84 valence electrons. The van der Waals surface area contributed by atoms with Crippen LogP contribution < -0.4 is 17.0 Å². The van der Waals surface area contributed by atoms with Gasteiger partial charge in [0.15, 0.2) is 11.5 Å². The van der Waals surface area contributed by atoms with Crippen LogP contribution in [0.2, 0.25) is 0 Å². The summed E-state index contributed by atoms with van der Waals surface area (Å²) in [5.74, 6) is 5.06. The Labute approximate surface area is 90.6 Å². The van der Waals surface area contributed by atoms with E-state index in [1.165, 1.54) is 6.33 Å². The Bertz CT molecular complexity index is 520. The molecule has 0 aromatic carbocycles. The van der Waals surface area contributed by atoms with Crippen LogP contribution in [0.3, 0.4) is 0 Å². The van der Waals surface area contributed by atoms with Gasteiger partial charge < -0.3 is 10.3 Å². The summed E-state index contributed by atoms with van der Waals surface area (Å²) < 4.78 is 1.72. The second-order valence-corrected chi connectivity index (χ2v) is 3.19. The second-order valence-electron chi connectivity index (χ2n) is 3.19. The Hall–Kier alpha value is -2.22. The Morgan fingerprint density at radius 3 is 3.00 bits per heavy atom. The first-order valence-electron chi connectivity index (χ1n) is 4.63. The molecule has 16 heavy (non-hydrogen) atoms. The van der Waals surface area contributed by atoms with Crippen LogP contribution in [0.4, 0.5) is 5.82 Å². The molecular weight excluding hydrogens is 210 g/mol. The number of hydrogen-bond acceptors (Lipinski definition) is 6. The van der Waals surface area contributed by atoms with Gasteiger partial charge in [0.05, 0.1) is 6.33 Å². The molecule has 0 fully saturated rings. The average molecular weight is 221 g/mol. The number of aryl methyl sites for hydroxylation is 1. The molecule has 0 bridgehead atoms. The summed E-state index contributed by atoms with van der Waals surface area (Å²) in [6, 6.07) is 0. The van der Waals surface area contributed by atoms with Gasteiger partial charge in [0.2, 0.25) is 5.91 Å². The van der Waals surface area contributed by atoms with Crippen molar-refractivity contribution in [3.8, 4) is 0 Å². The molecule has 0 aliphatic rings. The lowest BCUT2D eigenvalue weighted by Crippen LogP contribution is -2.30. The SMILES string of the molecule is NNC(=O)CCn1cnc2c(N)ncnc21. The molecule has 0 radical (unpaired) electrons. The Morgan fingerprint density at radius 1 is 1.44 bits per heavy atom. The van der Waals surface area contributed by atoms with E-state index in [1.54, 1.807) is 10.9 Å². The van der Waals surface area contributed by atoms with Crippen molar-refractivity contribution in [3.63, 3.8) is 0 Å². The van der Waals surface area contributed by atoms with Crippen molar-refractivity contribution in [3.05, 3.63) is 12.7 Å². The Kier molecular flexibility index (Phi) is 2.64. The third-order valence-corrected chi connectivity index (χ3v) is 2.17. The number of nitrogen functional groups attached to an aromatic ring is 1. The van der Waals surface area contributed by atoms with E-state index >= 15 is 0 Å². The molecule has 0 aliphatic carbocycles. The number of aromatic nitrogens is 4. The number of carbonyl (C=O) groups is 1. The molecule has 8 nitrogen and oxygen atoms in total. The monoisotopic (exact) mass is 221 g/mol. The maximum atomic E-state index is 11.0. The van der Waals surface area contributed by atoms with Crippen molar-refractivity contribution < 1.29 is 4.79 Å². The number of rotatable bonds is 3. The van der Waals surface area contributed by atoms with Crippen LogP contribution in [0.15, 0.2) is 12.7 Å². The van der Waals surface area contributed by atoms with Crippen LogP contribution in [0.1, 0.15) is 6.42 Å². The van der Waals surface area contributed by atoms with Gasteiger partial charge in [0.25, 0.3) is 0 Å². The minimum absolute atomic E-state index is 0.246. The number of hydrazine groups is 1. The van der Waals surface area contributed by atoms with Crippen LogP contribution in [0, 0.1) is 0 Å². The topological polar surface area (TPSA) is 125 Å². The molecular formula is C8H11N7O. The quantitative estimate of drug-likeness (QED) is 0.339. The first-order chi connectivity index (χ1) is 7.72. The van der Waals surface area contributed by atoms with Crippen molar-refractivity contribution in [1.29, 1.82) is 0 Å². The van der Waals surface area contributed by atoms with E-state index in [0.717, 1.165) is 0 Å². The minimum atomic E-state index is -0.246. The van der Waals surface area contributed by atoms with E-state index < -0.39 is 0 Å². The molecule has 0 atom stereocenters. The standard InChI is InChI=1S/C8H11N7O/c9-7-6-8(12-3-11-7)15(4-13-6)2-1-5(16)14-10/h3-4H,1-2,10H2,(H,14,16)(H2,9,11,12). The molecule has 0 saturated carbocycles. The van der Waals surface area contributed by atoms with E-state index in [1.807, 2.05) is 0 Å². The molecule has 8 heteroatoms. The second kappa shape index (κ2) is 4.11. The third kappa shape index (κ3) is 1.77. The summed E-state index contributed by atoms with van der Waals surface area (Å²) in [6.45, 7) is 0.440. The summed E-state index contributed by atoms with van der Waals surface area (Å²) in [5, 5.41) is 0. The predicted molar refractivity (Wildman–Crippen MR) is 56.7 cm³/mol. The summed E-state index contributed by atoms with van der Waals surface area (Å²) in [7, 11) is 0. The number of carbonyl (C=O) groups excluding carboxylic acids is 1. The average Bonchev–Trinajstić information content (AvgIpc) is 2.70. The van der Waals surface area contributed by atoms with Crippen LogP contribution >= 0.6 is 0 Å². The fourth-order valence-electron chi connectivity index (χ4n) is 1.36. The van der Waals surface area contributed by atoms with Gasteiger partial charge in [-0.1, -0.05) is 0 Å². The van der Waals surface area contributed by atoms with E-state index in [4.69, 9.17) is 11.6 Å². The van der Waals surface area contributed by atoms with E-state index in [-0.39, 0.29) is 12.3 Å². The molecule has 0 saturated heterocycles. The van der Waals surface area contributed by atoms with E-state index in [0.29, 0.717) is 23.5 Å². The Balaban J connectivity index is 2.25. The molecule has 5 N–H and O–H groups in total. The molecule has 0 unspecified atom stereocenters.